The van der Waals surface area contributed by atoms with Gasteiger partial charge in [0.2, 0.25) is 0 Å². The molecule has 1 aromatic heterocycles. The molecule has 0 amide bonds. The highest BCUT2D eigenvalue weighted by molar-refractivity contribution is 5.86. The van der Waals surface area contributed by atoms with E-state index >= 15 is 0 Å². The molecule has 122 valence electrons. The molecule has 3 nitrogen and oxygen atoms in total. The number of nitriles is 1. The fourth-order valence-corrected chi connectivity index (χ4v) is 3.89. The van der Waals surface area contributed by atoms with Gasteiger partial charge < -0.3 is 5.73 Å². The van der Waals surface area contributed by atoms with E-state index in [-0.39, 0.29) is 5.41 Å². The Bertz CT molecular complexity index is 1010. The molecule has 0 aliphatic heterocycles. The lowest BCUT2D eigenvalue weighted by atomic mass is 9.70. The number of pyridine rings is 1. The van der Waals surface area contributed by atoms with Crippen molar-refractivity contribution in [1.29, 1.82) is 5.26 Å². The van der Waals surface area contributed by atoms with E-state index in [1.807, 2.05) is 36.4 Å². The summed E-state index contributed by atoms with van der Waals surface area (Å²) in [6.45, 7) is 4.48. The zero-order chi connectivity index (χ0) is 17.6. The highest BCUT2D eigenvalue weighted by atomic mass is 14.9. The molecular formula is C22H19N3. The van der Waals surface area contributed by atoms with Gasteiger partial charge in [0.15, 0.2) is 0 Å². The fraction of sp³-hybridized carbons (Fsp3) is 0.182. The Hall–Kier alpha value is -3.12. The second-order valence-corrected chi connectivity index (χ2v) is 7.16. The maximum absolute atomic E-state index is 9.72. The number of fused-ring (bicyclic) bond motifs is 3. The minimum atomic E-state index is -0.0301. The lowest BCUT2D eigenvalue weighted by Gasteiger charge is -2.35. The van der Waals surface area contributed by atoms with E-state index < -0.39 is 0 Å². The van der Waals surface area contributed by atoms with E-state index in [1.165, 1.54) is 5.56 Å². The van der Waals surface area contributed by atoms with Gasteiger partial charge in [0.05, 0.1) is 5.69 Å². The van der Waals surface area contributed by atoms with Gasteiger partial charge in [0.1, 0.15) is 17.5 Å². The maximum atomic E-state index is 9.72. The minimum absolute atomic E-state index is 0.0301. The number of hydrogen-bond acceptors (Lipinski definition) is 3. The number of benzene rings is 2. The van der Waals surface area contributed by atoms with Crippen molar-refractivity contribution in [1.82, 2.24) is 4.98 Å². The molecule has 3 aromatic rings. The van der Waals surface area contributed by atoms with Crippen LogP contribution in [0.4, 0.5) is 5.82 Å². The first kappa shape index (κ1) is 15.4. The molecule has 1 heterocycles. The van der Waals surface area contributed by atoms with Gasteiger partial charge in [-0.1, -0.05) is 68.4 Å². The quantitative estimate of drug-likeness (QED) is 0.705. The molecule has 0 radical (unpaired) electrons. The zero-order valence-electron chi connectivity index (χ0n) is 14.4. The molecule has 0 fully saturated rings. The third kappa shape index (κ3) is 2.30. The molecule has 0 bridgehead atoms. The molecule has 1 aliphatic rings. The lowest BCUT2D eigenvalue weighted by molar-refractivity contribution is 0.516. The van der Waals surface area contributed by atoms with Gasteiger partial charge in [-0.2, -0.15) is 5.26 Å². The number of rotatable bonds is 1. The van der Waals surface area contributed by atoms with Gasteiger partial charge in [0, 0.05) is 11.1 Å². The van der Waals surface area contributed by atoms with Crippen LogP contribution in [0.1, 0.15) is 30.5 Å². The number of nitrogen functional groups attached to an aromatic ring is 1. The monoisotopic (exact) mass is 325 g/mol. The zero-order valence-corrected chi connectivity index (χ0v) is 14.4. The van der Waals surface area contributed by atoms with Gasteiger partial charge in [-0.15, -0.1) is 0 Å². The molecule has 0 saturated heterocycles. The van der Waals surface area contributed by atoms with E-state index in [0.717, 1.165) is 34.4 Å². The first-order valence-electron chi connectivity index (χ1n) is 8.40. The molecule has 0 atom stereocenters. The third-order valence-corrected chi connectivity index (χ3v) is 5.03. The van der Waals surface area contributed by atoms with Crippen molar-refractivity contribution in [3.8, 4) is 28.5 Å². The fourth-order valence-electron chi connectivity index (χ4n) is 3.89. The van der Waals surface area contributed by atoms with Crippen LogP contribution in [-0.2, 0) is 11.8 Å². The van der Waals surface area contributed by atoms with Crippen molar-refractivity contribution >= 4 is 5.82 Å². The average Bonchev–Trinajstić information content (AvgIpc) is 2.62. The average molecular weight is 325 g/mol. The van der Waals surface area contributed by atoms with Crippen LogP contribution >= 0.6 is 0 Å². The van der Waals surface area contributed by atoms with Gasteiger partial charge in [0.25, 0.3) is 0 Å². The molecule has 2 N–H and O–H groups in total. The maximum Gasteiger partial charge on any atom is 0.142 e. The number of nitrogens with zero attached hydrogens (tertiary/aromatic N) is 2. The molecule has 3 heteroatoms. The highest BCUT2D eigenvalue weighted by Gasteiger charge is 2.34. The van der Waals surface area contributed by atoms with Crippen LogP contribution in [0.15, 0.2) is 54.6 Å². The predicted molar refractivity (Wildman–Crippen MR) is 101 cm³/mol. The van der Waals surface area contributed by atoms with Crippen LogP contribution in [-0.4, -0.2) is 4.98 Å². The molecule has 2 aromatic carbocycles. The Morgan fingerprint density at radius 1 is 1.04 bits per heavy atom. The summed E-state index contributed by atoms with van der Waals surface area (Å²) in [7, 11) is 0. The van der Waals surface area contributed by atoms with Crippen LogP contribution in [0, 0.1) is 11.3 Å². The first-order chi connectivity index (χ1) is 12.0. The van der Waals surface area contributed by atoms with Crippen LogP contribution in [0.3, 0.4) is 0 Å². The van der Waals surface area contributed by atoms with Gasteiger partial charge in [-0.25, -0.2) is 4.98 Å². The van der Waals surface area contributed by atoms with Crippen LogP contribution in [0.25, 0.3) is 22.4 Å². The van der Waals surface area contributed by atoms with E-state index in [4.69, 9.17) is 5.73 Å². The van der Waals surface area contributed by atoms with Crippen molar-refractivity contribution in [2.45, 2.75) is 25.7 Å². The Morgan fingerprint density at radius 3 is 2.44 bits per heavy atom. The van der Waals surface area contributed by atoms with E-state index in [1.54, 1.807) is 0 Å². The first-order valence-corrected chi connectivity index (χ1v) is 8.40. The standard InChI is InChI=1S/C22H19N3/c1-22(2)12-16-19(14-8-4-3-5-9-14)17(13-23)21(24)25-20(16)15-10-6-7-11-18(15)22/h3-11H,12H2,1-2H3,(H2,24,25). The minimum Gasteiger partial charge on any atom is -0.383 e. The Morgan fingerprint density at radius 2 is 1.72 bits per heavy atom. The third-order valence-electron chi connectivity index (χ3n) is 5.03. The Balaban J connectivity index is 2.13. The lowest BCUT2D eigenvalue weighted by Crippen LogP contribution is -2.27. The van der Waals surface area contributed by atoms with Crippen molar-refractivity contribution in [2.24, 2.45) is 0 Å². The number of hydrogen-bond donors (Lipinski definition) is 1. The number of anilines is 1. The van der Waals surface area contributed by atoms with E-state index in [0.29, 0.717) is 11.4 Å². The van der Waals surface area contributed by atoms with Crippen molar-refractivity contribution in [3.63, 3.8) is 0 Å². The molecular weight excluding hydrogens is 306 g/mol. The van der Waals surface area contributed by atoms with Gasteiger partial charge in [-0.05, 0) is 28.5 Å². The second kappa shape index (κ2) is 5.46. The predicted octanol–water partition coefficient (Wildman–Crippen LogP) is 4.70. The highest BCUT2D eigenvalue weighted by Crippen LogP contribution is 2.46. The molecule has 25 heavy (non-hydrogen) atoms. The van der Waals surface area contributed by atoms with Crippen LogP contribution < -0.4 is 5.73 Å². The molecule has 4 rings (SSSR count). The molecule has 0 saturated carbocycles. The summed E-state index contributed by atoms with van der Waals surface area (Å²) in [5.74, 6) is 0.301. The summed E-state index contributed by atoms with van der Waals surface area (Å²) in [4.78, 5) is 4.63. The summed E-state index contributed by atoms with van der Waals surface area (Å²) < 4.78 is 0. The van der Waals surface area contributed by atoms with Crippen molar-refractivity contribution < 1.29 is 0 Å². The molecule has 1 aliphatic carbocycles. The van der Waals surface area contributed by atoms with Gasteiger partial charge >= 0.3 is 0 Å². The SMILES string of the molecule is CC1(C)Cc2c(nc(N)c(C#N)c2-c2ccccc2)-c2ccccc21. The second-order valence-electron chi connectivity index (χ2n) is 7.16. The normalized spacial score (nSPS) is 14.3. The van der Waals surface area contributed by atoms with Crippen molar-refractivity contribution in [3.05, 3.63) is 71.3 Å². The number of nitrogens with two attached hydrogens (primary N) is 1. The summed E-state index contributed by atoms with van der Waals surface area (Å²) in [5, 5.41) is 9.72. The van der Waals surface area contributed by atoms with Crippen LogP contribution in [0.2, 0.25) is 0 Å². The molecule has 0 unspecified atom stereocenters. The van der Waals surface area contributed by atoms with E-state index in [9.17, 15) is 5.26 Å². The van der Waals surface area contributed by atoms with Gasteiger partial charge in [-0.3, -0.25) is 0 Å². The molecule has 0 spiro atoms. The van der Waals surface area contributed by atoms with Crippen molar-refractivity contribution in [2.75, 3.05) is 5.73 Å². The van der Waals surface area contributed by atoms with E-state index in [2.05, 4.69) is 43.1 Å². The topological polar surface area (TPSA) is 62.7 Å². The number of aromatic nitrogens is 1. The Kier molecular flexibility index (Phi) is 3.36. The summed E-state index contributed by atoms with van der Waals surface area (Å²) in [6, 6.07) is 20.7. The summed E-state index contributed by atoms with van der Waals surface area (Å²) >= 11 is 0. The van der Waals surface area contributed by atoms with Crippen LogP contribution in [0.5, 0.6) is 0 Å². The summed E-state index contributed by atoms with van der Waals surface area (Å²) in [6.07, 6.45) is 0.825. The summed E-state index contributed by atoms with van der Waals surface area (Å²) in [5.41, 5.74) is 13.0. The largest absolute Gasteiger partial charge is 0.383 e. The smallest absolute Gasteiger partial charge is 0.142 e. The Labute approximate surface area is 147 Å².